The molecule has 3 nitrogen and oxygen atoms in total. The molecule has 0 amide bonds. The normalized spacial score (nSPS) is 11.6. The topological polar surface area (TPSA) is 50.1 Å². The van der Waals surface area contributed by atoms with Crippen molar-refractivity contribution in [1.29, 1.82) is 5.41 Å². The molecular formula is C31H19NO2. The first-order valence-corrected chi connectivity index (χ1v) is 11.3. The van der Waals surface area contributed by atoms with Gasteiger partial charge in [0.15, 0.2) is 0 Å². The Balaban J connectivity index is 1.57. The lowest BCUT2D eigenvalue weighted by Gasteiger charge is -2.07. The second-order valence-corrected chi connectivity index (χ2v) is 8.50. The third-order valence-corrected chi connectivity index (χ3v) is 6.60. The first-order chi connectivity index (χ1) is 16.8. The molecule has 0 unspecified atom stereocenters. The third kappa shape index (κ3) is 2.67. The zero-order valence-electron chi connectivity index (χ0n) is 18.2. The average molecular weight is 437 g/mol. The van der Waals surface area contributed by atoms with Crippen molar-refractivity contribution < 1.29 is 8.83 Å². The van der Waals surface area contributed by atoms with Gasteiger partial charge in [0.2, 0.25) is 0 Å². The van der Waals surface area contributed by atoms with E-state index in [1.165, 1.54) is 6.21 Å². The summed E-state index contributed by atoms with van der Waals surface area (Å²) in [5.74, 6) is 0. The monoisotopic (exact) mass is 437 g/mol. The van der Waals surface area contributed by atoms with Crippen molar-refractivity contribution in [1.82, 2.24) is 0 Å². The van der Waals surface area contributed by atoms with Gasteiger partial charge in [0.25, 0.3) is 0 Å². The Morgan fingerprint density at radius 2 is 1.12 bits per heavy atom. The van der Waals surface area contributed by atoms with E-state index in [4.69, 9.17) is 14.2 Å². The highest BCUT2D eigenvalue weighted by Crippen LogP contribution is 2.42. The number of benzene rings is 5. The SMILES string of the molecule is N=Cc1cccc2oc3ccc(-c4cccc5oc6cccc(-c7ccccc7)c6c45)cc3c12. The molecule has 160 valence electrons. The Morgan fingerprint density at radius 3 is 1.82 bits per heavy atom. The van der Waals surface area contributed by atoms with Crippen LogP contribution >= 0.6 is 0 Å². The Hall–Kier alpha value is -4.63. The van der Waals surface area contributed by atoms with Crippen molar-refractivity contribution in [2.75, 3.05) is 0 Å². The molecular weight excluding hydrogens is 418 g/mol. The number of nitrogens with one attached hydrogen (secondary N) is 1. The van der Waals surface area contributed by atoms with Crippen molar-refractivity contribution in [3.8, 4) is 22.3 Å². The van der Waals surface area contributed by atoms with Crippen LogP contribution in [0, 0.1) is 5.41 Å². The summed E-state index contributed by atoms with van der Waals surface area (Å²) in [6.07, 6.45) is 1.39. The van der Waals surface area contributed by atoms with E-state index >= 15 is 0 Å². The molecule has 34 heavy (non-hydrogen) atoms. The zero-order chi connectivity index (χ0) is 22.6. The first kappa shape index (κ1) is 18.9. The summed E-state index contributed by atoms with van der Waals surface area (Å²) >= 11 is 0. The van der Waals surface area contributed by atoms with Crippen LogP contribution in [0.3, 0.4) is 0 Å². The summed E-state index contributed by atoms with van der Waals surface area (Å²) in [6, 6.07) is 35.1. The molecule has 0 saturated heterocycles. The van der Waals surface area contributed by atoms with Crippen LogP contribution < -0.4 is 0 Å². The minimum absolute atomic E-state index is 0.798. The van der Waals surface area contributed by atoms with Crippen molar-refractivity contribution in [2.45, 2.75) is 0 Å². The number of rotatable bonds is 3. The maximum Gasteiger partial charge on any atom is 0.136 e. The lowest BCUT2D eigenvalue weighted by atomic mass is 9.94. The lowest BCUT2D eigenvalue weighted by Crippen LogP contribution is -1.83. The van der Waals surface area contributed by atoms with Crippen LogP contribution in [0.4, 0.5) is 0 Å². The van der Waals surface area contributed by atoms with Gasteiger partial charge in [0.05, 0.1) is 0 Å². The first-order valence-electron chi connectivity index (χ1n) is 11.3. The standard InChI is InChI=1S/C31H19NO2/c32-18-21-9-4-12-26-29(21)24-17-20(15-16-25(24)33-26)23-11-6-14-28-31(23)30-22(10-5-13-27(30)34-28)19-7-2-1-3-8-19/h1-18,32H. The smallest absolute Gasteiger partial charge is 0.136 e. The van der Waals surface area contributed by atoms with Gasteiger partial charge in [-0.05, 0) is 52.6 Å². The van der Waals surface area contributed by atoms with Crippen LogP contribution in [0.5, 0.6) is 0 Å². The molecule has 0 spiro atoms. The molecule has 5 aromatic carbocycles. The van der Waals surface area contributed by atoms with Gasteiger partial charge in [-0.15, -0.1) is 0 Å². The van der Waals surface area contributed by atoms with Crippen molar-refractivity contribution in [3.63, 3.8) is 0 Å². The van der Waals surface area contributed by atoms with E-state index in [1.807, 2.05) is 48.5 Å². The van der Waals surface area contributed by atoms with Gasteiger partial charge in [0, 0.05) is 33.3 Å². The van der Waals surface area contributed by atoms with Gasteiger partial charge < -0.3 is 14.2 Å². The second kappa shape index (κ2) is 7.19. The third-order valence-electron chi connectivity index (χ3n) is 6.60. The fraction of sp³-hybridized carbons (Fsp3) is 0. The van der Waals surface area contributed by atoms with E-state index in [2.05, 4.69) is 54.6 Å². The summed E-state index contributed by atoms with van der Waals surface area (Å²) in [5.41, 5.74) is 8.75. The van der Waals surface area contributed by atoms with E-state index in [9.17, 15) is 0 Å². The second-order valence-electron chi connectivity index (χ2n) is 8.50. The Morgan fingerprint density at radius 1 is 0.500 bits per heavy atom. The fourth-order valence-corrected chi connectivity index (χ4v) is 5.11. The highest BCUT2D eigenvalue weighted by molar-refractivity contribution is 6.19. The molecule has 0 atom stereocenters. The summed E-state index contributed by atoms with van der Waals surface area (Å²) in [4.78, 5) is 0. The molecule has 0 aliphatic heterocycles. The molecule has 3 heteroatoms. The predicted octanol–water partition coefficient (Wildman–Crippen LogP) is 8.82. The molecule has 0 bridgehead atoms. The van der Waals surface area contributed by atoms with E-state index in [-0.39, 0.29) is 0 Å². The molecule has 0 saturated carbocycles. The Kier molecular flexibility index (Phi) is 4.00. The minimum atomic E-state index is 0.798. The lowest BCUT2D eigenvalue weighted by molar-refractivity contribution is 0.669. The van der Waals surface area contributed by atoms with Crippen LogP contribution in [-0.2, 0) is 0 Å². The van der Waals surface area contributed by atoms with Crippen molar-refractivity contribution in [3.05, 3.63) is 109 Å². The highest BCUT2D eigenvalue weighted by atomic mass is 16.3. The maximum atomic E-state index is 7.86. The molecule has 1 N–H and O–H groups in total. The van der Waals surface area contributed by atoms with E-state index in [0.717, 1.165) is 71.7 Å². The Labute approximate surface area is 195 Å². The number of fused-ring (bicyclic) bond motifs is 6. The molecule has 2 heterocycles. The van der Waals surface area contributed by atoms with Crippen molar-refractivity contribution in [2.24, 2.45) is 0 Å². The van der Waals surface area contributed by atoms with Gasteiger partial charge >= 0.3 is 0 Å². The molecule has 2 aromatic heterocycles. The molecule has 7 rings (SSSR count). The van der Waals surface area contributed by atoms with Gasteiger partial charge in [-0.2, -0.15) is 0 Å². The predicted molar refractivity (Wildman–Crippen MR) is 140 cm³/mol. The van der Waals surface area contributed by atoms with Gasteiger partial charge in [-0.1, -0.05) is 72.8 Å². The van der Waals surface area contributed by atoms with E-state index in [1.54, 1.807) is 0 Å². The van der Waals surface area contributed by atoms with Gasteiger partial charge in [-0.3, -0.25) is 0 Å². The minimum Gasteiger partial charge on any atom is -0.456 e. The maximum absolute atomic E-state index is 7.86. The van der Waals surface area contributed by atoms with Crippen LogP contribution in [0.1, 0.15) is 5.56 Å². The number of hydrogen-bond acceptors (Lipinski definition) is 3. The average Bonchev–Trinajstić information content (AvgIpc) is 3.47. The van der Waals surface area contributed by atoms with E-state index < -0.39 is 0 Å². The molecule has 7 aromatic rings. The fourth-order valence-electron chi connectivity index (χ4n) is 5.11. The molecule has 0 aliphatic carbocycles. The van der Waals surface area contributed by atoms with Crippen LogP contribution in [-0.4, -0.2) is 6.21 Å². The number of furan rings is 2. The molecule has 0 radical (unpaired) electrons. The molecule has 0 aliphatic rings. The van der Waals surface area contributed by atoms with Crippen LogP contribution in [0.15, 0.2) is 112 Å². The van der Waals surface area contributed by atoms with E-state index in [0.29, 0.717) is 0 Å². The highest BCUT2D eigenvalue weighted by Gasteiger charge is 2.17. The van der Waals surface area contributed by atoms with Crippen molar-refractivity contribution >= 4 is 50.1 Å². The van der Waals surface area contributed by atoms with Gasteiger partial charge in [0.1, 0.15) is 22.3 Å². The molecule has 0 fully saturated rings. The van der Waals surface area contributed by atoms with Crippen LogP contribution in [0.25, 0.3) is 66.1 Å². The zero-order valence-corrected chi connectivity index (χ0v) is 18.2. The quantitative estimate of drug-likeness (QED) is 0.281. The summed E-state index contributed by atoms with van der Waals surface area (Å²) in [5, 5.41) is 12.1. The summed E-state index contributed by atoms with van der Waals surface area (Å²) in [7, 11) is 0. The van der Waals surface area contributed by atoms with Crippen LogP contribution in [0.2, 0.25) is 0 Å². The summed E-state index contributed by atoms with van der Waals surface area (Å²) < 4.78 is 12.4. The largest absolute Gasteiger partial charge is 0.456 e. The Bertz CT molecular complexity index is 1870. The summed E-state index contributed by atoms with van der Waals surface area (Å²) in [6.45, 7) is 0. The number of hydrogen-bond donors (Lipinski definition) is 1. The van der Waals surface area contributed by atoms with Gasteiger partial charge in [-0.25, -0.2) is 0 Å².